The summed E-state index contributed by atoms with van der Waals surface area (Å²) < 4.78 is 5.34. The molecule has 1 heterocycles. The van der Waals surface area contributed by atoms with Gasteiger partial charge in [0.05, 0.1) is 6.61 Å². The third-order valence-electron chi connectivity index (χ3n) is 2.61. The monoisotopic (exact) mass is 127 g/mol. The topological polar surface area (TPSA) is 35.2 Å². The lowest BCUT2D eigenvalue weighted by Crippen LogP contribution is -2.24. The summed E-state index contributed by atoms with van der Waals surface area (Å²) in [5.74, 6) is 0. The summed E-state index contributed by atoms with van der Waals surface area (Å²) in [5.41, 5.74) is 6.19. The summed E-state index contributed by atoms with van der Waals surface area (Å²) in [6.45, 7) is 1.88. The van der Waals surface area contributed by atoms with E-state index >= 15 is 0 Å². The van der Waals surface area contributed by atoms with Gasteiger partial charge in [0.2, 0.25) is 0 Å². The van der Waals surface area contributed by atoms with E-state index in [1.165, 1.54) is 19.3 Å². The van der Waals surface area contributed by atoms with Crippen molar-refractivity contribution in [3.8, 4) is 0 Å². The molecule has 1 aliphatic carbocycles. The number of nitrogens with two attached hydrogens (primary N) is 1. The Kier molecular flexibility index (Phi) is 1.08. The van der Waals surface area contributed by atoms with Crippen molar-refractivity contribution in [1.29, 1.82) is 0 Å². The van der Waals surface area contributed by atoms with Crippen LogP contribution in [0.2, 0.25) is 0 Å². The summed E-state index contributed by atoms with van der Waals surface area (Å²) >= 11 is 0. The van der Waals surface area contributed by atoms with Gasteiger partial charge in [-0.3, -0.25) is 0 Å². The van der Waals surface area contributed by atoms with E-state index in [9.17, 15) is 0 Å². The van der Waals surface area contributed by atoms with Gasteiger partial charge in [0, 0.05) is 18.1 Å². The van der Waals surface area contributed by atoms with Crippen LogP contribution in [-0.2, 0) is 4.74 Å². The van der Waals surface area contributed by atoms with Crippen LogP contribution in [0, 0.1) is 5.41 Å². The molecule has 52 valence electrons. The molecule has 1 saturated heterocycles. The second kappa shape index (κ2) is 1.70. The number of hydrogen-bond acceptors (Lipinski definition) is 2. The summed E-state index contributed by atoms with van der Waals surface area (Å²) in [6.07, 6.45) is 3.72. The molecule has 0 bridgehead atoms. The molecule has 0 aromatic carbocycles. The molecule has 1 aliphatic heterocycles. The lowest BCUT2D eigenvalue weighted by Gasteiger charge is -2.21. The average molecular weight is 127 g/mol. The molecule has 0 aromatic rings. The molecular weight excluding hydrogens is 114 g/mol. The van der Waals surface area contributed by atoms with E-state index in [4.69, 9.17) is 10.5 Å². The van der Waals surface area contributed by atoms with Crippen molar-refractivity contribution in [3.63, 3.8) is 0 Å². The van der Waals surface area contributed by atoms with Crippen LogP contribution < -0.4 is 5.73 Å². The second-order valence-corrected chi connectivity index (χ2v) is 3.33. The molecule has 0 aromatic heterocycles. The van der Waals surface area contributed by atoms with Crippen molar-refractivity contribution in [2.24, 2.45) is 11.1 Å². The summed E-state index contributed by atoms with van der Waals surface area (Å²) in [5, 5.41) is 0. The highest BCUT2D eigenvalue weighted by Crippen LogP contribution is 2.50. The molecule has 2 rings (SSSR count). The SMILES string of the molecule is N[C@@H]1C[C@@]12CCCOC2. The zero-order chi connectivity index (χ0) is 6.32. The fourth-order valence-corrected chi connectivity index (χ4v) is 1.71. The predicted octanol–water partition coefficient (Wildman–Crippen LogP) is 0.514. The smallest absolute Gasteiger partial charge is 0.0537 e. The Labute approximate surface area is 55.4 Å². The number of rotatable bonds is 0. The van der Waals surface area contributed by atoms with Gasteiger partial charge in [-0.2, -0.15) is 0 Å². The molecule has 0 unspecified atom stereocenters. The van der Waals surface area contributed by atoms with Crippen molar-refractivity contribution in [1.82, 2.24) is 0 Å². The third kappa shape index (κ3) is 0.775. The number of hydrogen-bond donors (Lipinski definition) is 1. The lowest BCUT2D eigenvalue weighted by atomic mass is 9.99. The maximum absolute atomic E-state index is 5.75. The first kappa shape index (κ1) is 5.69. The van der Waals surface area contributed by atoms with E-state index in [1.54, 1.807) is 0 Å². The quantitative estimate of drug-likeness (QED) is 0.514. The minimum Gasteiger partial charge on any atom is -0.381 e. The molecule has 0 radical (unpaired) electrons. The first-order valence-electron chi connectivity index (χ1n) is 3.67. The van der Waals surface area contributed by atoms with E-state index in [0.717, 1.165) is 13.2 Å². The Morgan fingerprint density at radius 2 is 2.33 bits per heavy atom. The van der Waals surface area contributed by atoms with Gasteiger partial charge in [-0.25, -0.2) is 0 Å². The largest absolute Gasteiger partial charge is 0.381 e. The maximum Gasteiger partial charge on any atom is 0.0537 e. The van der Waals surface area contributed by atoms with Crippen molar-refractivity contribution in [2.45, 2.75) is 25.3 Å². The molecule has 2 atom stereocenters. The van der Waals surface area contributed by atoms with Crippen LogP contribution in [0.5, 0.6) is 0 Å². The van der Waals surface area contributed by atoms with Crippen molar-refractivity contribution in [3.05, 3.63) is 0 Å². The Balaban J connectivity index is 1.97. The molecule has 1 saturated carbocycles. The zero-order valence-corrected chi connectivity index (χ0v) is 5.60. The van der Waals surface area contributed by atoms with Crippen molar-refractivity contribution >= 4 is 0 Å². The fraction of sp³-hybridized carbons (Fsp3) is 1.00. The highest BCUT2D eigenvalue weighted by atomic mass is 16.5. The van der Waals surface area contributed by atoms with E-state index in [2.05, 4.69) is 0 Å². The van der Waals surface area contributed by atoms with Crippen molar-refractivity contribution < 1.29 is 4.74 Å². The Hall–Kier alpha value is -0.0800. The first-order valence-corrected chi connectivity index (χ1v) is 3.67. The third-order valence-corrected chi connectivity index (χ3v) is 2.61. The van der Waals surface area contributed by atoms with Gasteiger partial charge < -0.3 is 10.5 Å². The Morgan fingerprint density at radius 1 is 1.56 bits per heavy atom. The molecule has 0 amide bonds. The summed E-state index contributed by atoms with van der Waals surface area (Å²) in [4.78, 5) is 0. The summed E-state index contributed by atoms with van der Waals surface area (Å²) in [6, 6.07) is 0.456. The van der Waals surface area contributed by atoms with Crippen LogP contribution >= 0.6 is 0 Å². The van der Waals surface area contributed by atoms with Crippen LogP contribution in [0.4, 0.5) is 0 Å². The fourth-order valence-electron chi connectivity index (χ4n) is 1.71. The molecule has 1 spiro atoms. The van der Waals surface area contributed by atoms with Gasteiger partial charge in [0.1, 0.15) is 0 Å². The van der Waals surface area contributed by atoms with Crippen LogP contribution in [0.25, 0.3) is 0 Å². The number of ether oxygens (including phenoxy) is 1. The van der Waals surface area contributed by atoms with Crippen LogP contribution in [0.3, 0.4) is 0 Å². The van der Waals surface area contributed by atoms with Crippen molar-refractivity contribution in [2.75, 3.05) is 13.2 Å². The Bertz CT molecular complexity index is 118. The first-order chi connectivity index (χ1) is 4.33. The van der Waals surface area contributed by atoms with E-state index in [0.29, 0.717) is 11.5 Å². The Morgan fingerprint density at radius 3 is 2.67 bits per heavy atom. The summed E-state index contributed by atoms with van der Waals surface area (Å²) in [7, 11) is 0. The van der Waals surface area contributed by atoms with E-state index in [1.807, 2.05) is 0 Å². The molecule has 2 N–H and O–H groups in total. The molecule has 2 nitrogen and oxygen atoms in total. The van der Waals surface area contributed by atoms with Crippen LogP contribution in [-0.4, -0.2) is 19.3 Å². The molecular formula is C7H13NO. The van der Waals surface area contributed by atoms with Gasteiger partial charge in [0.15, 0.2) is 0 Å². The van der Waals surface area contributed by atoms with E-state index in [-0.39, 0.29) is 0 Å². The minimum atomic E-state index is 0.443. The molecule has 2 heteroatoms. The standard InChI is InChI=1S/C7H13NO/c8-6-4-7(6)2-1-3-9-5-7/h6H,1-5,8H2/t6-,7-/m1/s1. The average Bonchev–Trinajstić information content (AvgIpc) is 2.44. The van der Waals surface area contributed by atoms with Crippen LogP contribution in [0.15, 0.2) is 0 Å². The molecule has 9 heavy (non-hydrogen) atoms. The van der Waals surface area contributed by atoms with Gasteiger partial charge in [-0.05, 0) is 19.3 Å². The van der Waals surface area contributed by atoms with Gasteiger partial charge in [0.25, 0.3) is 0 Å². The normalized spacial score (nSPS) is 49.7. The van der Waals surface area contributed by atoms with Gasteiger partial charge >= 0.3 is 0 Å². The molecule has 2 fully saturated rings. The second-order valence-electron chi connectivity index (χ2n) is 3.33. The maximum atomic E-state index is 5.75. The molecule has 2 aliphatic rings. The van der Waals surface area contributed by atoms with Gasteiger partial charge in [-0.1, -0.05) is 0 Å². The van der Waals surface area contributed by atoms with Crippen LogP contribution in [0.1, 0.15) is 19.3 Å². The van der Waals surface area contributed by atoms with E-state index < -0.39 is 0 Å². The highest BCUT2D eigenvalue weighted by molar-refractivity contribution is 5.06. The van der Waals surface area contributed by atoms with Gasteiger partial charge in [-0.15, -0.1) is 0 Å². The lowest BCUT2D eigenvalue weighted by molar-refractivity contribution is 0.0412. The highest BCUT2D eigenvalue weighted by Gasteiger charge is 2.52. The predicted molar refractivity (Wildman–Crippen MR) is 35.1 cm³/mol. The zero-order valence-electron chi connectivity index (χ0n) is 5.60. The minimum absolute atomic E-state index is 0.443.